The van der Waals surface area contributed by atoms with Gasteiger partial charge in [0.2, 0.25) is 0 Å². The molecule has 0 radical (unpaired) electrons. The van der Waals surface area contributed by atoms with Gasteiger partial charge in [0.1, 0.15) is 5.82 Å². The first kappa shape index (κ1) is 9.97. The third-order valence-electron chi connectivity index (χ3n) is 2.64. The lowest BCUT2D eigenvalue weighted by atomic mass is 10.0. The zero-order chi connectivity index (χ0) is 11.0. The predicted octanol–water partition coefficient (Wildman–Crippen LogP) is 3.31. The predicted molar refractivity (Wildman–Crippen MR) is 63.0 cm³/mol. The van der Waals surface area contributed by atoms with E-state index in [1.807, 2.05) is 6.92 Å². The molecule has 15 heavy (non-hydrogen) atoms. The molecule has 0 saturated carbocycles. The van der Waals surface area contributed by atoms with Crippen molar-refractivity contribution in [1.82, 2.24) is 9.97 Å². The molecule has 2 rings (SSSR count). The van der Waals surface area contributed by atoms with Gasteiger partial charge in [-0.25, -0.2) is 4.98 Å². The lowest BCUT2D eigenvalue weighted by molar-refractivity contribution is 1.13. The first-order valence-electron chi connectivity index (χ1n) is 5.19. The summed E-state index contributed by atoms with van der Waals surface area (Å²) in [6.45, 7) is 8.29. The number of nitrogens with one attached hydrogen (secondary N) is 1. The Kier molecular flexibility index (Phi) is 2.35. The molecule has 0 fully saturated rings. The van der Waals surface area contributed by atoms with E-state index in [-0.39, 0.29) is 0 Å². The van der Waals surface area contributed by atoms with Crippen molar-refractivity contribution in [2.75, 3.05) is 0 Å². The van der Waals surface area contributed by atoms with Crippen molar-refractivity contribution in [2.45, 2.75) is 27.7 Å². The highest BCUT2D eigenvalue weighted by Crippen LogP contribution is 2.25. The van der Waals surface area contributed by atoms with Crippen LogP contribution in [0.4, 0.5) is 0 Å². The second-order valence-electron chi connectivity index (χ2n) is 4.11. The second-order valence-corrected chi connectivity index (χ2v) is 4.11. The second kappa shape index (κ2) is 3.54. The number of nitrogens with zero attached hydrogens (tertiary/aromatic N) is 1. The van der Waals surface area contributed by atoms with Gasteiger partial charge in [0.15, 0.2) is 0 Å². The molecule has 1 aromatic carbocycles. The Morgan fingerprint density at radius 3 is 2.33 bits per heavy atom. The van der Waals surface area contributed by atoms with Crippen molar-refractivity contribution in [2.24, 2.45) is 0 Å². The molecule has 1 N–H and O–H groups in total. The van der Waals surface area contributed by atoms with Crippen LogP contribution < -0.4 is 0 Å². The molecule has 2 nitrogen and oxygen atoms in total. The van der Waals surface area contributed by atoms with E-state index in [1.165, 1.54) is 16.7 Å². The van der Waals surface area contributed by atoms with Crippen LogP contribution in [0.3, 0.4) is 0 Å². The Morgan fingerprint density at radius 2 is 1.80 bits per heavy atom. The summed E-state index contributed by atoms with van der Waals surface area (Å²) in [6.07, 6.45) is 0. The molecule has 0 aliphatic carbocycles. The quantitative estimate of drug-likeness (QED) is 0.751. The standard InChI is InChI=1S/C13H16N2/c1-8-5-6-12(9(2)7-8)13-10(3)14-11(4)15-13/h5-7H,1-4H3,(H,14,15). The Hall–Kier alpha value is -1.57. The number of aromatic amines is 1. The highest BCUT2D eigenvalue weighted by atomic mass is 14.9. The summed E-state index contributed by atoms with van der Waals surface area (Å²) in [6, 6.07) is 6.47. The number of aryl methyl sites for hydroxylation is 4. The summed E-state index contributed by atoms with van der Waals surface area (Å²) in [5.41, 5.74) is 6.01. The van der Waals surface area contributed by atoms with Gasteiger partial charge in [0.25, 0.3) is 0 Å². The summed E-state index contributed by atoms with van der Waals surface area (Å²) in [5, 5.41) is 0. The normalized spacial score (nSPS) is 10.7. The molecule has 0 unspecified atom stereocenters. The third-order valence-corrected chi connectivity index (χ3v) is 2.64. The molecule has 2 aromatic rings. The summed E-state index contributed by atoms with van der Waals surface area (Å²) < 4.78 is 0. The van der Waals surface area contributed by atoms with Crippen LogP contribution in [0.25, 0.3) is 11.3 Å². The summed E-state index contributed by atoms with van der Waals surface area (Å²) in [4.78, 5) is 7.75. The van der Waals surface area contributed by atoms with Gasteiger partial charge in [-0.1, -0.05) is 23.8 Å². The van der Waals surface area contributed by atoms with Gasteiger partial charge in [0, 0.05) is 11.3 Å². The zero-order valence-electron chi connectivity index (χ0n) is 9.68. The minimum Gasteiger partial charge on any atom is -0.346 e. The van der Waals surface area contributed by atoms with Gasteiger partial charge in [-0.05, 0) is 33.3 Å². The molecule has 1 aromatic heterocycles. The summed E-state index contributed by atoms with van der Waals surface area (Å²) in [5.74, 6) is 0.975. The maximum absolute atomic E-state index is 4.52. The molecule has 0 aliphatic rings. The van der Waals surface area contributed by atoms with Crippen LogP contribution in [0.2, 0.25) is 0 Å². The SMILES string of the molecule is Cc1ccc(-c2nc(C)[nH]c2C)c(C)c1. The number of rotatable bonds is 1. The topological polar surface area (TPSA) is 28.7 Å². The molecular formula is C13H16N2. The van der Waals surface area contributed by atoms with Gasteiger partial charge in [-0.2, -0.15) is 0 Å². The molecule has 0 spiro atoms. The van der Waals surface area contributed by atoms with Crippen molar-refractivity contribution in [3.8, 4) is 11.3 Å². The van der Waals surface area contributed by atoms with Crippen molar-refractivity contribution < 1.29 is 0 Å². The van der Waals surface area contributed by atoms with E-state index in [1.54, 1.807) is 0 Å². The van der Waals surface area contributed by atoms with E-state index in [4.69, 9.17) is 0 Å². The molecule has 0 aliphatic heterocycles. The van der Waals surface area contributed by atoms with Crippen LogP contribution in [0.5, 0.6) is 0 Å². The van der Waals surface area contributed by atoms with Crippen molar-refractivity contribution in [1.29, 1.82) is 0 Å². The Morgan fingerprint density at radius 1 is 1.07 bits per heavy atom. The fourth-order valence-corrected chi connectivity index (χ4v) is 1.95. The Bertz CT molecular complexity index is 495. The monoisotopic (exact) mass is 200 g/mol. The number of imidazole rings is 1. The van der Waals surface area contributed by atoms with E-state index in [2.05, 4.69) is 48.9 Å². The molecule has 0 atom stereocenters. The molecule has 0 saturated heterocycles. The number of aromatic nitrogens is 2. The van der Waals surface area contributed by atoms with E-state index >= 15 is 0 Å². The lowest BCUT2D eigenvalue weighted by Crippen LogP contribution is -1.87. The molecule has 2 heteroatoms. The highest BCUT2D eigenvalue weighted by molar-refractivity contribution is 5.66. The molecule has 0 amide bonds. The average molecular weight is 200 g/mol. The minimum absolute atomic E-state index is 0.975. The maximum atomic E-state index is 4.52. The lowest BCUT2D eigenvalue weighted by Gasteiger charge is -2.04. The zero-order valence-corrected chi connectivity index (χ0v) is 9.68. The smallest absolute Gasteiger partial charge is 0.103 e. The van der Waals surface area contributed by atoms with Crippen LogP contribution >= 0.6 is 0 Å². The molecule has 0 bridgehead atoms. The van der Waals surface area contributed by atoms with E-state index in [9.17, 15) is 0 Å². The molecular weight excluding hydrogens is 184 g/mol. The molecule has 78 valence electrons. The van der Waals surface area contributed by atoms with Crippen molar-refractivity contribution in [3.05, 3.63) is 40.8 Å². The number of benzene rings is 1. The van der Waals surface area contributed by atoms with E-state index < -0.39 is 0 Å². The fourth-order valence-electron chi connectivity index (χ4n) is 1.95. The number of hydrogen-bond acceptors (Lipinski definition) is 1. The van der Waals surface area contributed by atoms with Crippen molar-refractivity contribution in [3.63, 3.8) is 0 Å². The van der Waals surface area contributed by atoms with Gasteiger partial charge >= 0.3 is 0 Å². The van der Waals surface area contributed by atoms with Crippen LogP contribution in [0, 0.1) is 27.7 Å². The van der Waals surface area contributed by atoms with Crippen LogP contribution in [-0.2, 0) is 0 Å². The summed E-state index contributed by atoms with van der Waals surface area (Å²) in [7, 11) is 0. The first-order chi connectivity index (χ1) is 7.08. The minimum atomic E-state index is 0.975. The van der Waals surface area contributed by atoms with Gasteiger partial charge in [0.05, 0.1) is 5.69 Å². The number of H-pyrrole nitrogens is 1. The maximum Gasteiger partial charge on any atom is 0.103 e. The third kappa shape index (κ3) is 1.80. The molecule has 1 heterocycles. The number of hydrogen-bond donors (Lipinski definition) is 1. The average Bonchev–Trinajstić information content (AvgIpc) is 2.45. The Labute approximate surface area is 90.4 Å². The highest BCUT2D eigenvalue weighted by Gasteiger charge is 2.08. The van der Waals surface area contributed by atoms with Crippen LogP contribution in [-0.4, -0.2) is 9.97 Å². The van der Waals surface area contributed by atoms with Gasteiger partial charge in [-0.15, -0.1) is 0 Å². The van der Waals surface area contributed by atoms with Crippen LogP contribution in [0.15, 0.2) is 18.2 Å². The van der Waals surface area contributed by atoms with Gasteiger partial charge < -0.3 is 4.98 Å². The Balaban J connectivity index is 2.59. The van der Waals surface area contributed by atoms with Crippen LogP contribution in [0.1, 0.15) is 22.6 Å². The summed E-state index contributed by atoms with van der Waals surface area (Å²) >= 11 is 0. The van der Waals surface area contributed by atoms with Gasteiger partial charge in [-0.3, -0.25) is 0 Å². The fraction of sp³-hybridized carbons (Fsp3) is 0.308. The largest absolute Gasteiger partial charge is 0.346 e. The first-order valence-corrected chi connectivity index (χ1v) is 5.19. The van der Waals surface area contributed by atoms with E-state index in [0.717, 1.165) is 17.2 Å². The van der Waals surface area contributed by atoms with E-state index in [0.29, 0.717) is 0 Å². The van der Waals surface area contributed by atoms with Crippen molar-refractivity contribution >= 4 is 0 Å².